The summed E-state index contributed by atoms with van der Waals surface area (Å²) in [6.07, 6.45) is 5.27. The fraction of sp³-hybridized carbons (Fsp3) is 0.833. The lowest BCUT2D eigenvalue weighted by Crippen LogP contribution is -2.00. The quantitative estimate of drug-likeness (QED) is 0.448. The standard InChI is InChI=1S/C6H14.C4H8.C2H6/c1-5-6(2,3)4;1-3-4-2;1-2/h5H2,1-4H3;3-4H,1-2H3;1-2H3. The molecule has 76 valence electrons. The molecule has 12 heavy (non-hydrogen) atoms. The van der Waals surface area contributed by atoms with E-state index < -0.39 is 0 Å². The molecule has 0 aromatic carbocycles. The second-order valence-electron chi connectivity index (χ2n) is 3.58. The fourth-order valence-electron chi connectivity index (χ4n) is 0. The predicted octanol–water partition coefficient (Wildman–Crippen LogP) is 5.05. The molecule has 0 bridgehead atoms. The van der Waals surface area contributed by atoms with Gasteiger partial charge in [-0.15, -0.1) is 0 Å². The van der Waals surface area contributed by atoms with Gasteiger partial charge in [0.1, 0.15) is 0 Å². The fourth-order valence-corrected chi connectivity index (χ4v) is 0. The summed E-state index contributed by atoms with van der Waals surface area (Å²) in [4.78, 5) is 0. The van der Waals surface area contributed by atoms with Crippen LogP contribution >= 0.6 is 0 Å². The van der Waals surface area contributed by atoms with Crippen molar-refractivity contribution in [1.82, 2.24) is 0 Å². The molecule has 0 atom stereocenters. The molecule has 0 heterocycles. The average molecular weight is 172 g/mol. The SMILES string of the molecule is CC.CC=CC.CCC(C)(C)C. The van der Waals surface area contributed by atoms with Crippen LogP contribution in [-0.4, -0.2) is 0 Å². The summed E-state index contributed by atoms with van der Waals surface area (Å²) in [5.74, 6) is 0. The molecule has 0 unspecified atom stereocenters. The van der Waals surface area contributed by atoms with E-state index >= 15 is 0 Å². The highest BCUT2D eigenvalue weighted by Gasteiger charge is 2.03. The Morgan fingerprint density at radius 2 is 1.08 bits per heavy atom. The van der Waals surface area contributed by atoms with Gasteiger partial charge in [-0.25, -0.2) is 0 Å². The summed E-state index contributed by atoms with van der Waals surface area (Å²) in [5, 5.41) is 0. The highest BCUT2D eigenvalue weighted by Crippen LogP contribution is 2.16. The molecule has 0 spiro atoms. The maximum Gasteiger partial charge on any atom is -0.0385 e. The number of rotatable bonds is 0. The molecule has 0 aliphatic rings. The lowest BCUT2D eigenvalue weighted by atomic mass is 9.94. The minimum atomic E-state index is 0.542. The normalized spacial score (nSPS) is 9.67. The largest absolute Gasteiger partial charge is 0.0919 e. The Kier molecular flexibility index (Phi) is 19.7. The van der Waals surface area contributed by atoms with E-state index in [1.807, 2.05) is 39.8 Å². The van der Waals surface area contributed by atoms with E-state index in [1.165, 1.54) is 6.42 Å². The maximum atomic E-state index is 2.24. The van der Waals surface area contributed by atoms with Gasteiger partial charge in [0.2, 0.25) is 0 Å². The first-order valence-electron chi connectivity index (χ1n) is 5.05. The Bertz CT molecular complexity index is 68.5. The molecule has 0 aliphatic carbocycles. The topological polar surface area (TPSA) is 0 Å². The van der Waals surface area contributed by atoms with Crippen molar-refractivity contribution in [3.05, 3.63) is 12.2 Å². The van der Waals surface area contributed by atoms with E-state index in [-0.39, 0.29) is 0 Å². The highest BCUT2D eigenvalue weighted by molar-refractivity contribution is 4.68. The van der Waals surface area contributed by atoms with E-state index in [2.05, 4.69) is 27.7 Å². The molecule has 0 aliphatic heterocycles. The minimum absolute atomic E-state index is 0.542. The van der Waals surface area contributed by atoms with Crippen molar-refractivity contribution in [1.29, 1.82) is 0 Å². The van der Waals surface area contributed by atoms with Crippen LogP contribution in [0.15, 0.2) is 12.2 Å². The molecular formula is C12H28. The summed E-state index contributed by atoms with van der Waals surface area (Å²) in [6.45, 7) is 16.9. The van der Waals surface area contributed by atoms with Crippen molar-refractivity contribution < 1.29 is 0 Å². The molecular weight excluding hydrogens is 144 g/mol. The van der Waals surface area contributed by atoms with E-state index in [1.54, 1.807) is 0 Å². The van der Waals surface area contributed by atoms with Crippen LogP contribution in [0.25, 0.3) is 0 Å². The van der Waals surface area contributed by atoms with Crippen LogP contribution in [0.1, 0.15) is 61.8 Å². The second kappa shape index (κ2) is 13.3. The Labute approximate surface area is 80.1 Å². The van der Waals surface area contributed by atoms with Crippen molar-refractivity contribution in [2.24, 2.45) is 5.41 Å². The Balaban J connectivity index is -0.000000118. The molecule has 0 fully saturated rings. The maximum absolute atomic E-state index is 2.24. The third kappa shape index (κ3) is 53.2. The molecule has 0 radical (unpaired) electrons. The zero-order valence-corrected chi connectivity index (χ0v) is 10.4. The molecule has 0 aromatic rings. The lowest BCUT2D eigenvalue weighted by molar-refractivity contribution is 0.398. The van der Waals surface area contributed by atoms with Gasteiger partial charge in [0.25, 0.3) is 0 Å². The van der Waals surface area contributed by atoms with E-state index in [0.717, 1.165) is 0 Å². The van der Waals surface area contributed by atoms with Gasteiger partial charge >= 0.3 is 0 Å². The molecule has 0 amide bonds. The van der Waals surface area contributed by atoms with Crippen LogP contribution < -0.4 is 0 Å². The third-order valence-corrected chi connectivity index (χ3v) is 1.39. The summed E-state index contributed by atoms with van der Waals surface area (Å²) in [6, 6.07) is 0. The van der Waals surface area contributed by atoms with E-state index in [0.29, 0.717) is 5.41 Å². The van der Waals surface area contributed by atoms with Crippen molar-refractivity contribution >= 4 is 0 Å². The van der Waals surface area contributed by atoms with Gasteiger partial charge in [-0.05, 0) is 19.3 Å². The second-order valence-corrected chi connectivity index (χ2v) is 3.58. The highest BCUT2D eigenvalue weighted by atomic mass is 14.1. The minimum Gasteiger partial charge on any atom is -0.0919 e. The van der Waals surface area contributed by atoms with Crippen molar-refractivity contribution in [3.63, 3.8) is 0 Å². The third-order valence-electron chi connectivity index (χ3n) is 1.39. The van der Waals surface area contributed by atoms with Crippen LogP contribution in [-0.2, 0) is 0 Å². The summed E-state index contributed by atoms with van der Waals surface area (Å²) < 4.78 is 0. The zero-order chi connectivity index (χ0) is 10.6. The first-order valence-corrected chi connectivity index (χ1v) is 5.05. The first-order chi connectivity index (χ1) is 5.47. The molecule has 0 aromatic heterocycles. The summed E-state index contributed by atoms with van der Waals surface area (Å²) >= 11 is 0. The zero-order valence-electron chi connectivity index (χ0n) is 10.4. The smallest absolute Gasteiger partial charge is 0.0385 e. The monoisotopic (exact) mass is 172 g/mol. The predicted molar refractivity (Wildman–Crippen MR) is 61.6 cm³/mol. The molecule has 0 N–H and O–H groups in total. The Morgan fingerprint density at radius 1 is 0.917 bits per heavy atom. The first kappa shape index (κ1) is 17.7. The van der Waals surface area contributed by atoms with Crippen molar-refractivity contribution in [2.75, 3.05) is 0 Å². The van der Waals surface area contributed by atoms with Crippen molar-refractivity contribution in [3.8, 4) is 0 Å². The van der Waals surface area contributed by atoms with Crippen LogP contribution in [0.2, 0.25) is 0 Å². The van der Waals surface area contributed by atoms with Gasteiger partial charge in [0.05, 0.1) is 0 Å². The molecule has 0 rings (SSSR count). The number of hydrogen-bond donors (Lipinski definition) is 0. The summed E-state index contributed by atoms with van der Waals surface area (Å²) in [5.41, 5.74) is 0.542. The molecule has 0 heteroatoms. The van der Waals surface area contributed by atoms with Gasteiger partial charge in [-0.1, -0.05) is 60.1 Å². The van der Waals surface area contributed by atoms with Crippen LogP contribution in [0.3, 0.4) is 0 Å². The Morgan fingerprint density at radius 3 is 1.08 bits per heavy atom. The Hall–Kier alpha value is -0.260. The van der Waals surface area contributed by atoms with E-state index in [9.17, 15) is 0 Å². The van der Waals surface area contributed by atoms with Crippen LogP contribution in [0.4, 0.5) is 0 Å². The lowest BCUT2D eigenvalue weighted by Gasteiger charge is -2.12. The van der Waals surface area contributed by atoms with Gasteiger partial charge in [-0.2, -0.15) is 0 Å². The van der Waals surface area contributed by atoms with Gasteiger partial charge < -0.3 is 0 Å². The van der Waals surface area contributed by atoms with Crippen LogP contribution in [0, 0.1) is 5.41 Å². The van der Waals surface area contributed by atoms with Gasteiger partial charge in [0.15, 0.2) is 0 Å². The van der Waals surface area contributed by atoms with Gasteiger partial charge in [0, 0.05) is 0 Å². The van der Waals surface area contributed by atoms with Gasteiger partial charge in [-0.3, -0.25) is 0 Å². The van der Waals surface area contributed by atoms with Crippen LogP contribution in [0.5, 0.6) is 0 Å². The molecule has 0 saturated carbocycles. The average Bonchev–Trinajstić information content (AvgIpc) is 2.07. The number of allylic oxidation sites excluding steroid dienone is 2. The van der Waals surface area contributed by atoms with E-state index in [4.69, 9.17) is 0 Å². The van der Waals surface area contributed by atoms with Crippen molar-refractivity contribution in [2.45, 2.75) is 61.8 Å². The molecule has 0 nitrogen and oxygen atoms in total. The number of hydrogen-bond acceptors (Lipinski definition) is 0. The molecule has 0 saturated heterocycles. The summed E-state index contributed by atoms with van der Waals surface area (Å²) in [7, 11) is 0.